The second-order valence-electron chi connectivity index (χ2n) is 6.94. The van der Waals surface area contributed by atoms with E-state index in [0.717, 1.165) is 11.2 Å². The van der Waals surface area contributed by atoms with Crippen LogP contribution in [0.2, 0.25) is 0 Å². The Hall–Kier alpha value is -3.47. The zero-order valence-electron chi connectivity index (χ0n) is 17.4. The van der Waals surface area contributed by atoms with Crippen LogP contribution in [0, 0.1) is 10.1 Å². The molecule has 0 fully saturated rings. The molecule has 0 saturated heterocycles. The van der Waals surface area contributed by atoms with E-state index in [1.807, 2.05) is 20.1 Å². The number of aromatic nitrogens is 4. The van der Waals surface area contributed by atoms with E-state index in [9.17, 15) is 14.9 Å². The molecule has 0 aliphatic carbocycles. The summed E-state index contributed by atoms with van der Waals surface area (Å²) in [5.74, 6) is 0.474. The summed E-state index contributed by atoms with van der Waals surface area (Å²) >= 11 is 1.45. The lowest BCUT2D eigenvalue weighted by atomic mass is 10.2. The number of nitro groups is 1. The number of nitrogens with zero attached hydrogens (tertiary/aromatic N) is 5. The van der Waals surface area contributed by atoms with Crippen LogP contribution in [0.25, 0.3) is 17.1 Å². The smallest absolute Gasteiger partial charge is 0.269 e. The highest BCUT2D eigenvalue weighted by atomic mass is 32.2. The van der Waals surface area contributed by atoms with Crippen LogP contribution in [0.3, 0.4) is 0 Å². The number of nitrogens with one attached hydrogen (secondary N) is 2. The van der Waals surface area contributed by atoms with Crippen molar-refractivity contribution in [1.82, 2.24) is 25.1 Å². The van der Waals surface area contributed by atoms with Gasteiger partial charge in [0.15, 0.2) is 10.8 Å². The lowest BCUT2D eigenvalue weighted by Gasteiger charge is -2.11. The monoisotopic (exact) mass is 441 g/mol. The van der Waals surface area contributed by atoms with Gasteiger partial charge in [-0.3, -0.25) is 14.9 Å². The van der Waals surface area contributed by atoms with Crippen LogP contribution in [0.4, 0.5) is 11.5 Å². The van der Waals surface area contributed by atoms with Crippen LogP contribution in [-0.4, -0.2) is 49.4 Å². The maximum Gasteiger partial charge on any atom is 0.269 e. The average molecular weight is 442 g/mol. The summed E-state index contributed by atoms with van der Waals surface area (Å²) in [6.45, 7) is 4.89. The molecule has 2 aromatic heterocycles. The van der Waals surface area contributed by atoms with Gasteiger partial charge in [-0.05, 0) is 43.9 Å². The van der Waals surface area contributed by atoms with Crippen molar-refractivity contribution in [2.45, 2.75) is 31.6 Å². The highest BCUT2D eigenvalue weighted by Gasteiger charge is 2.13. The molecule has 11 heteroatoms. The topological polar surface area (TPSA) is 128 Å². The van der Waals surface area contributed by atoms with E-state index < -0.39 is 4.92 Å². The first-order valence-electron chi connectivity index (χ1n) is 9.62. The Balaban J connectivity index is 1.62. The highest BCUT2D eigenvalue weighted by Crippen LogP contribution is 2.23. The number of thioether (sulfide) groups is 1. The highest BCUT2D eigenvalue weighted by molar-refractivity contribution is 7.98. The number of non-ortho nitro benzene ring substituents is 1. The number of benzene rings is 1. The number of hydrogen-bond donors (Lipinski definition) is 2. The number of fused-ring (bicyclic) bond motifs is 1. The number of nitro benzene ring substituents is 1. The molecule has 2 N–H and O–H groups in total. The van der Waals surface area contributed by atoms with Gasteiger partial charge >= 0.3 is 0 Å². The van der Waals surface area contributed by atoms with E-state index in [1.165, 1.54) is 30.0 Å². The van der Waals surface area contributed by atoms with Crippen LogP contribution in [0.15, 0.2) is 41.7 Å². The van der Waals surface area contributed by atoms with E-state index >= 15 is 0 Å². The van der Waals surface area contributed by atoms with Gasteiger partial charge in [0.2, 0.25) is 5.91 Å². The maximum absolute atomic E-state index is 12.1. The normalized spacial score (nSPS) is 11.4. The third kappa shape index (κ3) is 5.79. The van der Waals surface area contributed by atoms with Gasteiger partial charge in [0.25, 0.3) is 5.69 Å². The van der Waals surface area contributed by atoms with Crippen molar-refractivity contribution in [2.75, 3.05) is 18.1 Å². The Kier molecular flexibility index (Phi) is 7.19. The predicted octanol–water partition coefficient (Wildman–Crippen LogP) is 3.11. The predicted molar refractivity (Wildman–Crippen MR) is 121 cm³/mol. The number of carbonyl (C=O) groups excluding carboxylic acids is 1. The fourth-order valence-electron chi connectivity index (χ4n) is 2.80. The van der Waals surface area contributed by atoms with Crippen LogP contribution in [0.5, 0.6) is 0 Å². The summed E-state index contributed by atoms with van der Waals surface area (Å²) in [5.41, 5.74) is 1.41. The van der Waals surface area contributed by atoms with Gasteiger partial charge in [0, 0.05) is 30.8 Å². The van der Waals surface area contributed by atoms with Gasteiger partial charge < -0.3 is 10.6 Å². The van der Waals surface area contributed by atoms with Gasteiger partial charge in [-0.1, -0.05) is 11.8 Å². The molecule has 0 radical (unpaired) electrons. The number of rotatable bonds is 9. The summed E-state index contributed by atoms with van der Waals surface area (Å²) in [6, 6.07) is 6.19. The molecule has 0 aliphatic heterocycles. The minimum Gasteiger partial charge on any atom is -0.367 e. The lowest BCUT2D eigenvalue weighted by Crippen LogP contribution is -2.25. The Labute approximate surface area is 183 Å². The molecule has 0 atom stereocenters. The number of carbonyl (C=O) groups is 1. The summed E-state index contributed by atoms with van der Waals surface area (Å²) < 4.78 is 1.74. The van der Waals surface area contributed by atoms with Crippen LogP contribution < -0.4 is 10.6 Å². The largest absolute Gasteiger partial charge is 0.367 e. The molecule has 0 bridgehead atoms. The van der Waals surface area contributed by atoms with E-state index in [2.05, 4.69) is 25.7 Å². The van der Waals surface area contributed by atoms with Crippen molar-refractivity contribution >= 4 is 46.3 Å². The number of amides is 1. The first kappa shape index (κ1) is 22.2. The second kappa shape index (κ2) is 10.0. The Morgan fingerprint density at radius 2 is 2.03 bits per heavy atom. The summed E-state index contributed by atoms with van der Waals surface area (Å²) in [7, 11) is 0. The zero-order valence-corrected chi connectivity index (χ0v) is 18.2. The van der Waals surface area contributed by atoms with Crippen LogP contribution in [-0.2, 0) is 11.3 Å². The van der Waals surface area contributed by atoms with Gasteiger partial charge in [-0.15, -0.1) is 0 Å². The maximum atomic E-state index is 12.1. The first-order valence-corrected chi connectivity index (χ1v) is 10.8. The van der Waals surface area contributed by atoms with Crippen molar-refractivity contribution in [3.05, 3.63) is 52.2 Å². The lowest BCUT2D eigenvalue weighted by molar-refractivity contribution is -0.384. The SMILES string of the molecule is CSc1nc(NC(C)C)c2cnn(CCNC(=O)/C=C\c3ccc([N+](=O)[O-])cc3)c2n1. The first-order chi connectivity index (χ1) is 14.9. The molecule has 1 amide bonds. The summed E-state index contributed by atoms with van der Waals surface area (Å²) in [4.78, 5) is 31.4. The van der Waals surface area contributed by atoms with E-state index in [1.54, 1.807) is 29.1 Å². The molecule has 0 saturated carbocycles. The van der Waals surface area contributed by atoms with Crippen LogP contribution >= 0.6 is 11.8 Å². The Morgan fingerprint density at radius 1 is 1.29 bits per heavy atom. The molecule has 10 nitrogen and oxygen atoms in total. The van der Waals surface area contributed by atoms with Gasteiger partial charge in [0.1, 0.15) is 5.82 Å². The Morgan fingerprint density at radius 3 is 2.68 bits per heavy atom. The minimum absolute atomic E-state index is 0.00763. The quantitative estimate of drug-likeness (QED) is 0.170. The molecule has 2 heterocycles. The minimum atomic E-state index is -0.464. The fraction of sp³-hybridized carbons (Fsp3) is 0.300. The van der Waals surface area contributed by atoms with Crippen molar-refractivity contribution in [2.24, 2.45) is 0 Å². The molecule has 3 rings (SSSR count). The second-order valence-corrected chi connectivity index (χ2v) is 7.71. The fourth-order valence-corrected chi connectivity index (χ4v) is 3.16. The number of anilines is 1. The van der Waals surface area contributed by atoms with Crippen LogP contribution in [0.1, 0.15) is 19.4 Å². The van der Waals surface area contributed by atoms with E-state index in [4.69, 9.17) is 0 Å². The standard InChI is InChI=1S/C20H23N7O3S/c1-13(2)23-18-16-12-22-26(19(16)25-20(24-18)31-3)11-10-21-17(28)9-6-14-4-7-15(8-5-14)27(29)30/h4-9,12-13H,10-11H2,1-3H3,(H,21,28)(H,23,24,25)/b9-6-. The summed E-state index contributed by atoms with van der Waals surface area (Å²) in [5, 5.41) is 22.7. The molecule has 3 aromatic rings. The molecular formula is C20H23N7O3S. The molecule has 31 heavy (non-hydrogen) atoms. The van der Waals surface area contributed by atoms with Gasteiger partial charge in [-0.25, -0.2) is 14.6 Å². The van der Waals surface area contributed by atoms with Gasteiger partial charge in [0.05, 0.1) is 23.1 Å². The van der Waals surface area contributed by atoms with Crippen molar-refractivity contribution in [1.29, 1.82) is 0 Å². The molecule has 0 unspecified atom stereocenters. The van der Waals surface area contributed by atoms with Crippen molar-refractivity contribution < 1.29 is 9.72 Å². The molecule has 1 aromatic carbocycles. The van der Waals surface area contributed by atoms with Gasteiger partial charge in [-0.2, -0.15) is 5.10 Å². The Bertz CT molecular complexity index is 1110. The molecule has 162 valence electrons. The number of hydrogen-bond acceptors (Lipinski definition) is 8. The molecule has 0 aliphatic rings. The van der Waals surface area contributed by atoms with Crippen molar-refractivity contribution in [3.8, 4) is 0 Å². The molecule has 0 spiro atoms. The third-order valence-corrected chi connectivity index (χ3v) is 4.79. The third-order valence-electron chi connectivity index (χ3n) is 4.24. The summed E-state index contributed by atoms with van der Waals surface area (Å²) in [6.07, 6.45) is 6.63. The average Bonchev–Trinajstić information content (AvgIpc) is 3.15. The van der Waals surface area contributed by atoms with E-state index in [0.29, 0.717) is 29.5 Å². The zero-order chi connectivity index (χ0) is 22.4. The van der Waals surface area contributed by atoms with E-state index in [-0.39, 0.29) is 17.6 Å². The molecular weight excluding hydrogens is 418 g/mol. The van der Waals surface area contributed by atoms with Crippen molar-refractivity contribution in [3.63, 3.8) is 0 Å².